The molecule has 168 valence electrons. The Hall–Kier alpha value is -0.500. The summed E-state index contributed by atoms with van der Waals surface area (Å²) in [6, 6.07) is -1.65. The van der Waals surface area contributed by atoms with E-state index < -0.39 is 55.2 Å². The molecule has 2 saturated heterocycles. The highest BCUT2D eigenvalue weighted by molar-refractivity contribution is 7.80. The Bertz CT molecular complexity index is 572. The summed E-state index contributed by atoms with van der Waals surface area (Å²) in [5, 5.41) is 34.2. The van der Waals surface area contributed by atoms with Crippen LogP contribution in [0.4, 0.5) is 0 Å². The summed E-state index contributed by atoms with van der Waals surface area (Å²) in [5.41, 5.74) is 5.92. The summed E-state index contributed by atoms with van der Waals surface area (Å²) in [6.07, 6.45) is -4.82. The number of amides is 1. The average Bonchev–Trinajstić information content (AvgIpc) is 3.07. The quantitative estimate of drug-likeness (QED) is 0.276. The van der Waals surface area contributed by atoms with E-state index in [0.717, 1.165) is 19.3 Å². The third-order valence-corrected chi connectivity index (χ3v) is 6.21. The van der Waals surface area contributed by atoms with Crippen LogP contribution >= 0.6 is 12.6 Å². The minimum Gasteiger partial charge on any atom is -0.389 e. The second kappa shape index (κ2) is 9.75. The van der Waals surface area contributed by atoms with Gasteiger partial charge in [0.25, 0.3) is 0 Å². The van der Waals surface area contributed by atoms with Crippen molar-refractivity contribution < 1.29 is 39.1 Å². The fourth-order valence-electron chi connectivity index (χ4n) is 3.98. The summed E-state index contributed by atoms with van der Waals surface area (Å²) < 4.78 is 22.9. The number of rotatable bonds is 5. The van der Waals surface area contributed by atoms with Gasteiger partial charge in [-0.2, -0.15) is 12.6 Å². The highest BCUT2D eigenvalue weighted by atomic mass is 32.1. The minimum absolute atomic E-state index is 0.0525. The molecule has 11 atom stereocenters. The number of hydrogen-bond donors (Lipinski definition) is 6. The second-order valence-electron chi connectivity index (χ2n) is 8.09. The number of carbonyl (C=O) groups is 1. The van der Waals surface area contributed by atoms with Gasteiger partial charge in [-0.25, -0.2) is 0 Å². The van der Waals surface area contributed by atoms with Crippen LogP contribution < -0.4 is 11.1 Å². The molecule has 0 aromatic heterocycles. The lowest BCUT2D eigenvalue weighted by atomic mass is 9.95. The van der Waals surface area contributed by atoms with Crippen LogP contribution in [0.25, 0.3) is 0 Å². The van der Waals surface area contributed by atoms with E-state index in [1.807, 2.05) is 0 Å². The number of nitrogens with two attached hydrogens (primary N) is 1. The zero-order valence-corrected chi connectivity index (χ0v) is 17.5. The van der Waals surface area contributed by atoms with Gasteiger partial charge in [-0.05, 0) is 26.2 Å². The molecule has 0 radical (unpaired) electrons. The fraction of sp³-hybridized carbons (Fsp3) is 0.944. The Morgan fingerprint density at radius 1 is 1.14 bits per heavy atom. The van der Waals surface area contributed by atoms with Crippen LogP contribution in [0, 0.1) is 0 Å². The molecular weight excluding hydrogens is 404 g/mol. The van der Waals surface area contributed by atoms with Gasteiger partial charge in [0.1, 0.15) is 24.4 Å². The first-order valence-corrected chi connectivity index (χ1v) is 10.5. The van der Waals surface area contributed by atoms with Crippen molar-refractivity contribution >= 4 is 18.5 Å². The number of hydrogen-bond acceptors (Lipinski definition) is 10. The lowest BCUT2D eigenvalue weighted by Crippen LogP contribution is -2.67. The molecule has 3 rings (SSSR count). The van der Waals surface area contributed by atoms with E-state index in [2.05, 4.69) is 17.9 Å². The van der Waals surface area contributed by atoms with Gasteiger partial charge in [-0.1, -0.05) is 0 Å². The van der Waals surface area contributed by atoms with Crippen LogP contribution in [0.3, 0.4) is 0 Å². The normalized spacial score (nSPS) is 48.4. The van der Waals surface area contributed by atoms with Crippen LogP contribution in [0.5, 0.6) is 0 Å². The standard InChI is InChI=1S/C18H32N2O8S/c1-7-12(19)15(23)13(20-8(2)21)17(26-7)28-11-6-25-18(16(24)14(11)22)27-9-3-4-10(29)5-9/h7,9-18,22-24,29H,3-6,19H2,1-2H3,(H,20,21). The number of thiol groups is 1. The molecule has 1 saturated carbocycles. The van der Waals surface area contributed by atoms with E-state index in [4.69, 9.17) is 24.7 Å². The lowest BCUT2D eigenvalue weighted by Gasteiger charge is -2.45. The first kappa shape index (κ1) is 23.2. The van der Waals surface area contributed by atoms with Gasteiger partial charge in [-0.15, -0.1) is 0 Å². The Morgan fingerprint density at radius 3 is 2.48 bits per heavy atom. The Balaban J connectivity index is 1.61. The summed E-state index contributed by atoms with van der Waals surface area (Å²) in [6.45, 7) is 2.93. The molecule has 6 N–H and O–H groups in total. The number of aliphatic hydroxyl groups is 3. The van der Waals surface area contributed by atoms with Crippen molar-refractivity contribution in [2.45, 2.75) is 99.6 Å². The third kappa shape index (κ3) is 5.41. The smallest absolute Gasteiger partial charge is 0.217 e. The molecule has 11 heteroatoms. The van der Waals surface area contributed by atoms with Crippen LogP contribution in [0.2, 0.25) is 0 Å². The molecule has 2 aliphatic heterocycles. The molecule has 0 aromatic rings. The molecule has 11 unspecified atom stereocenters. The molecule has 29 heavy (non-hydrogen) atoms. The molecule has 0 aromatic carbocycles. The largest absolute Gasteiger partial charge is 0.389 e. The lowest BCUT2D eigenvalue weighted by molar-refractivity contribution is -0.321. The van der Waals surface area contributed by atoms with Crippen molar-refractivity contribution in [2.75, 3.05) is 6.61 Å². The molecule has 1 aliphatic carbocycles. The predicted octanol–water partition coefficient (Wildman–Crippen LogP) is -1.75. The highest BCUT2D eigenvalue weighted by Gasteiger charge is 2.47. The summed E-state index contributed by atoms with van der Waals surface area (Å²) in [5.74, 6) is -0.388. The van der Waals surface area contributed by atoms with E-state index >= 15 is 0 Å². The SMILES string of the molecule is CC(=O)NC1C(OC2COC(OC3CCC(S)C3)C(O)C2O)OC(C)C(N)C1O. The zero-order valence-electron chi connectivity index (χ0n) is 16.6. The van der Waals surface area contributed by atoms with E-state index in [1.165, 1.54) is 6.92 Å². The first-order chi connectivity index (χ1) is 13.7. The average molecular weight is 437 g/mol. The van der Waals surface area contributed by atoms with Gasteiger partial charge in [0.05, 0.1) is 31.0 Å². The molecule has 1 amide bonds. The number of nitrogens with one attached hydrogen (secondary N) is 1. The maximum atomic E-state index is 11.5. The third-order valence-electron chi connectivity index (χ3n) is 5.74. The Labute approximate surface area is 175 Å². The topological polar surface area (TPSA) is 153 Å². The summed E-state index contributed by atoms with van der Waals surface area (Å²) >= 11 is 4.42. The Morgan fingerprint density at radius 2 is 1.86 bits per heavy atom. The minimum atomic E-state index is -1.32. The van der Waals surface area contributed by atoms with Gasteiger partial charge in [-0.3, -0.25) is 4.79 Å². The van der Waals surface area contributed by atoms with Gasteiger partial charge in [0.15, 0.2) is 12.6 Å². The van der Waals surface area contributed by atoms with Crippen molar-refractivity contribution in [2.24, 2.45) is 5.73 Å². The molecule has 0 spiro atoms. The highest BCUT2D eigenvalue weighted by Crippen LogP contribution is 2.30. The van der Waals surface area contributed by atoms with Gasteiger partial charge in [0, 0.05) is 12.2 Å². The molecule has 3 aliphatic rings. The van der Waals surface area contributed by atoms with E-state index in [1.54, 1.807) is 6.92 Å². The van der Waals surface area contributed by atoms with Crippen molar-refractivity contribution in [1.29, 1.82) is 0 Å². The zero-order chi connectivity index (χ0) is 21.3. The molecule has 2 heterocycles. The van der Waals surface area contributed by atoms with Crippen LogP contribution in [-0.4, -0.2) is 94.4 Å². The molecule has 0 bridgehead atoms. The van der Waals surface area contributed by atoms with Crippen molar-refractivity contribution in [3.05, 3.63) is 0 Å². The molecular formula is C18H32N2O8S. The second-order valence-corrected chi connectivity index (χ2v) is 8.82. The number of aliphatic hydroxyl groups excluding tert-OH is 3. The number of ether oxygens (including phenoxy) is 4. The van der Waals surface area contributed by atoms with E-state index in [-0.39, 0.29) is 23.9 Å². The van der Waals surface area contributed by atoms with Crippen LogP contribution in [-0.2, 0) is 23.7 Å². The molecule has 3 fully saturated rings. The van der Waals surface area contributed by atoms with Crippen molar-refractivity contribution in [1.82, 2.24) is 5.32 Å². The van der Waals surface area contributed by atoms with Crippen LogP contribution in [0.15, 0.2) is 0 Å². The van der Waals surface area contributed by atoms with E-state index in [0.29, 0.717) is 0 Å². The van der Waals surface area contributed by atoms with Gasteiger partial charge < -0.3 is 45.3 Å². The Kier molecular flexibility index (Phi) is 7.79. The van der Waals surface area contributed by atoms with Crippen LogP contribution in [0.1, 0.15) is 33.1 Å². The van der Waals surface area contributed by atoms with Crippen molar-refractivity contribution in [3.63, 3.8) is 0 Å². The molecule has 10 nitrogen and oxygen atoms in total. The maximum Gasteiger partial charge on any atom is 0.217 e. The van der Waals surface area contributed by atoms with Gasteiger partial charge >= 0.3 is 0 Å². The first-order valence-electron chi connectivity index (χ1n) is 10.00. The predicted molar refractivity (Wildman–Crippen MR) is 104 cm³/mol. The van der Waals surface area contributed by atoms with Gasteiger partial charge in [0.2, 0.25) is 5.91 Å². The van der Waals surface area contributed by atoms with Crippen molar-refractivity contribution in [3.8, 4) is 0 Å². The maximum absolute atomic E-state index is 11.5. The van der Waals surface area contributed by atoms with E-state index in [9.17, 15) is 20.1 Å². The fourth-order valence-corrected chi connectivity index (χ4v) is 4.36. The summed E-state index contributed by atoms with van der Waals surface area (Å²) in [7, 11) is 0. The monoisotopic (exact) mass is 436 g/mol. The summed E-state index contributed by atoms with van der Waals surface area (Å²) in [4.78, 5) is 11.5. The number of carbonyl (C=O) groups excluding carboxylic acids is 1.